The highest BCUT2D eigenvalue weighted by Crippen LogP contribution is 2.54. The summed E-state index contributed by atoms with van der Waals surface area (Å²) < 4.78 is 45.1. The fourth-order valence-electron chi connectivity index (χ4n) is 4.02. The maximum Gasteiger partial charge on any atom is 0.416 e. The monoisotopic (exact) mass is 349 g/mol. The van der Waals surface area contributed by atoms with Crippen molar-refractivity contribution in [2.24, 2.45) is 0 Å². The van der Waals surface area contributed by atoms with Crippen molar-refractivity contribution < 1.29 is 17.9 Å². The lowest BCUT2D eigenvalue weighted by atomic mass is 9.69. The smallest absolute Gasteiger partial charge is 0.362 e. The van der Waals surface area contributed by atoms with Crippen molar-refractivity contribution in [1.29, 1.82) is 0 Å². The van der Waals surface area contributed by atoms with Gasteiger partial charge in [-0.05, 0) is 45.7 Å². The molecule has 3 heterocycles. The van der Waals surface area contributed by atoms with Crippen molar-refractivity contribution in [3.63, 3.8) is 0 Å². The van der Waals surface area contributed by atoms with E-state index in [2.05, 4.69) is 15.2 Å². The van der Waals surface area contributed by atoms with Crippen molar-refractivity contribution in [2.45, 2.75) is 56.9 Å². The molecule has 1 fully saturated rings. The highest BCUT2D eigenvalue weighted by Gasteiger charge is 2.54. The number of hydrogen-bond donors (Lipinski definition) is 0. The van der Waals surface area contributed by atoms with E-state index in [1.54, 1.807) is 6.07 Å². The zero-order chi connectivity index (χ0) is 18.0. The predicted molar refractivity (Wildman–Crippen MR) is 84.8 cm³/mol. The molecule has 1 aromatic carbocycles. The molecule has 0 saturated carbocycles. The number of aromatic nitrogens is 3. The van der Waals surface area contributed by atoms with E-state index >= 15 is 0 Å². The summed E-state index contributed by atoms with van der Waals surface area (Å²) in [5, 5.41) is 8.38. The van der Waals surface area contributed by atoms with Crippen LogP contribution >= 0.6 is 0 Å². The average molecular weight is 349 g/mol. The van der Waals surface area contributed by atoms with Gasteiger partial charge in [-0.25, -0.2) is 4.98 Å². The molecule has 0 spiro atoms. The first-order chi connectivity index (χ1) is 11.6. The minimum absolute atomic E-state index is 0.0596. The van der Waals surface area contributed by atoms with Crippen LogP contribution in [-0.2, 0) is 16.5 Å². The number of nitrogens with zero attached hydrogens (tertiary/aromatic N) is 3. The van der Waals surface area contributed by atoms with E-state index in [0.29, 0.717) is 11.3 Å². The van der Waals surface area contributed by atoms with Crippen molar-refractivity contribution in [1.82, 2.24) is 15.2 Å². The molecule has 132 valence electrons. The Kier molecular flexibility index (Phi) is 3.29. The second-order valence-corrected chi connectivity index (χ2v) is 7.48. The first-order valence-corrected chi connectivity index (χ1v) is 8.23. The van der Waals surface area contributed by atoms with Crippen molar-refractivity contribution >= 4 is 0 Å². The topological polar surface area (TPSA) is 47.9 Å². The minimum Gasteiger partial charge on any atom is -0.362 e. The van der Waals surface area contributed by atoms with Gasteiger partial charge in [0.2, 0.25) is 0 Å². The van der Waals surface area contributed by atoms with E-state index in [9.17, 15) is 13.2 Å². The molecule has 0 radical (unpaired) electrons. The van der Waals surface area contributed by atoms with Gasteiger partial charge in [0.15, 0.2) is 5.82 Å². The van der Waals surface area contributed by atoms with Gasteiger partial charge < -0.3 is 4.74 Å². The van der Waals surface area contributed by atoms with E-state index in [-0.39, 0.29) is 17.3 Å². The highest BCUT2D eigenvalue weighted by atomic mass is 19.4. The quantitative estimate of drug-likeness (QED) is 0.763. The number of halogens is 3. The summed E-state index contributed by atoms with van der Waals surface area (Å²) >= 11 is 0. The van der Waals surface area contributed by atoms with E-state index in [1.165, 1.54) is 6.07 Å². The molecular formula is C18H18F3N3O. The van der Waals surface area contributed by atoms with Crippen molar-refractivity contribution in [2.75, 3.05) is 0 Å². The van der Waals surface area contributed by atoms with Gasteiger partial charge in [0.25, 0.3) is 0 Å². The van der Waals surface area contributed by atoms with Crippen LogP contribution in [0.5, 0.6) is 0 Å². The maximum absolute atomic E-state index is 13.0. The Labute approximate surface area is 143 Å². The summed E-state index contributed by atoms with van der Waals surface area (Å²) in [4.78, 5) is 4.61. The van der Waals surface area contributed by atoms with Gasteiger partial charge in [-0.3, -0.25) is 0 Å². The van der Waals surface area contributed by atoms with Crippen LogP contribution < -0.4 is 0 Å². The standard InChI is InChI=1S/C18H18F3N3O/c1-16(2)12-7-8-17(3,25-16)14-13(12)22-15(24-23-14)10-5-4-6-11(9-10)18(19,20)21/h4-6,9,12H,7-8H2,1-3H3. The molecular weight excluding hydrogens is 331 g/mol. The van der Waals surface area contributed by atoms with Crippen LogP contribution in [0, 0.1) is 0 Å². The van der Waals surface area contributed by atoms with E-state index in [0.717, 1.165) is 30.7 Å². The Morgan fingerprint density at radius 3 is 2.60 bits per heavy atom. The molecule has 7 heteroatoms. The fraction of sp³-hybridized carbons (Fsp3) is 0.500. The number of alkyl halides is 3. The molecule has 2 atom stereocenters. The summed E-state index contributed by atoms with van der Waals surface area (Å²) in [5.41, 5.74) is 0.172. The van der Waals surface area contributed by atoms with Crippen molar-refractivity contribution in [3.05, 3.63) is 41.2 Å². The van der Waals surface area contributed by atoms with Crippen LogP contribution in [0.25, 0.3) is 11.4 Å². The van der Waals surface area contributed by atoms with Crippen LogP contribution in [-0.4, -0.2) is 20.8 Å². The number of rotatable bonds is 1. The lowest BCUT2D eigenvalue weighted by molar-refractivity contribution is -0.199. The summed E-state index contributed by atoms with van der Waals surface area (Å²) in [5.74, 6) is 0.279. The third-order valence-electron chi connectivity index (χ3n) is 5.23. The summed E-state index contributed by atoms with van der Waals surface area (Å²) in [6, 6.07) is 5.04. The fourth-order valence-corrected chi connectivity index (χ4v) is 4.02. The molecule has 25 heavy (non-hydrogen) atoms. The molecule has 2 aromatic rings. The van der Waals surface area contributed by atoms with Gasteiger partial charge in [-0.2, -0.15) is 13.2 Å². The molecule has 1 saturated heterocycles. The highest BCUT2D eigenvalue weighted by molar-refractivity contribution is 5.56. The maximum atomic E-state index is 13.0. The average Bonchev–Trinajstić information content (AvgIpc) is 2.52. The lowest BCUT2D eigenvalue weighted by Gasteiger charge is -2.52. The van der Waals surface area contributed by atoms with Gasteiger partial charge in [-0.1, -0.05) is 12.1 Å². The Morgan fingerprint density at radius 1 is 1.16 bits per heavy atom. The SMILES string of the molecule is CC12CCC(c3nc(-c4cccc(C(F)(F)F)c4)nnc31)C(C)(C)O2. The number of benzene rings is 1. The van der Waals surface area contributed by atoms with Crippen LogP contribution in [0.15, 0.2) is 24.3 Å². The van der Waals surface area contributed by atoms with Gasteiger partial charge in [0.05, 0.1) is 16.9 Å². The Hall–Kier alpha value is -2.02. The molecule has 3 aliphatic rings. The summed E-state index contributed by atoms with van der Waals surface area (Å²) in [7, 11) is 0. The third kappa shape index (κ3) is 2.52. The Balaban J connectivity index is 1.82. The van der Waals surface area contributed by atoms with Crippen molar-refractivity contribution in [3.8, 4) is 11.4 Å². The molecule has 0 N–H and O–H groups in total. The van der Waals surface area contributed by atoms with Crippen LogP contribution in [0.1, 0.15) is 56.5 Å². The zero-order valence-electron chi connectivity index (χ0n) is 14.2. The van der Waals surface area contributed by atoms with Gasteiger partial charge in [-0.15, -0.1) is 10.2 Å². The van der Waals surface area contributed by atoms with E-state index in [1.807, 2.05) is 20.8 Å². The van der Waals surface area contributed by atoms with Gasteiger partial charge >= 0.3 is 6.18 Å². The Bertz CT molecular complexity index is 850. The normalized spacial score (nSPS) is 27.2. The molecule has 2 unspecified atom stereocenters. The van der Waals surface area contributed by atoms with Crippen LogP contribution in [0.4, 0.5) is 13.2 Å². The number of ether oxygens (including phenoxy) is 1. The predicted octanol–water partition coefficient (Wildman–Crippen LogP) is 4.46. The molecule has 1 aromatic heterocycles. The summed E-state index contributed by atoms with van der Waals surface area (Å²) in [6.07, 6.45) is -2.65. The number of fused-ring (bicyclic) bond motifs is 2. The lowest BCUT2D eigenvalue weighted by Crippen LogP contribution is -2.52. The zero-order valence-corrected chi connectivity index (χ0v) is 14.2. The Morgan fingerprint density at radius 2 is 1.92 bits per heavy atom. The van der Waals surface area contributed by atoms with E-state index < -0.39 is 17.3 Å². The molecule has 5 rings (SSSR count). The molecule has 2 bridgehead atoms. The number of hydrogen-bond acceptors (Lipinski definition) is 4. The molecule has 1 aliphatic carbocycles. The van der Waals surface area contributed by atoms with Crippen LogP contribution in [0.2, 0.25) is 0 Å². The first-order valence-electron chi connectivity index (χ1n) is 8.23. The second-order valence-electron chi connectivity index (χ2n) is 7.48. The second kappa shape index (κ2) is 5.00. The van der Waals surface area contributed by atoms with Crippen LogP contribution in [0.3, 0.4) is 0 Å². The largest absolute Gasteiger partial charge is 0.416 e. The first kappa shape index (κ1) is 16.4. The summed E-state index contributed by atoms with van der Waals surface area (Å²) in [6.45, 7) is 6.01. The third-order valence-corrected chi connectivity index (χ3v) is 5.23. The van der Waals surface area contributed by atoms with Gasteiger partial charge in [0.1, 0.15) is 11.3 Å². The minimum atomic E-state index is -4.40. The molecule has 2 aliphatic heterocycles. The molecule has 4 nitrogen and oxygen atoms in total. The van der Waals surface area contributed by atoms with E-state index in [4.69, 9.17) is 4.74 Å². The molecule has 0 amide bonds. The van der Waals surface area contributed by atoms with Gasteiger partial charge in [0, 0.05) is 11.5 Å².